The van der Waals surface area contributed by atoms with E-state index in [4.69, 9.17) is 15.2 Å². The molecular formula is C23H29N3O4. The average molecular weight is 412 g/mol. The molecule has 2 atom stereocenters. The fourth-order valence-corrected chi connectivity index (χ4v) is 3.57. The van der Waals surface area contributed by atoms with Gasteiger partial charge in [-0.15, -0.1) is 0 Å². The van der Waals surface area contributed by atoms with Crippen molar-refractivity contribution in [3.8, 4) is 11.5 Å². The molecule has 0 radical (unpaired) electrons. The number of ether oxygens (including phenoxy) is 2. The number of hydrogen-bond acceptors (Lipinski definition) is 5. The van der Waals surface area contributed by atoms with Crippen LogP contribution < -0.4 is 15.8 Å². The van der Waals surface area contributed by atoms with Crippen LogP contribution >= 0.6 is 0 Å². The van der Waals surface area contributed by atoms with E-state index in [1.807, 2.05) is 0 Å². The first kappa shape index (κ1) is 21.8. The largest absolute Gasteiger partial charge is 0.457 e. The minimum atomic E-state index is -0.481. The third-order valence-electron chi connectivity index (χ3n) is 4.92. The molecule has 2 amide bonds. The highest BCUT2D eigenvalue weighted by Crippen LogP contribution is 2.22. The van der Waals surface area contributed by atoms with E-state index in [2.05, 4.69) is 24.1 Å². The van der Waals surface area contributed by atoms with Gasteiger partial charge in [-0.25, -0.2) is 0 Å². The monoisotopic (exact) mass is 411 g/mol. The number of nitrogens with one attached hydrogen (secondary N) is 1. The smallest absolute Gasteiger partial charge is 0.251 e. The molecule has 7 heteroatoms. The van der Waals surface area contributed by atoms with Crippen molar-refractivity contribution in [2.45, 2.75) is 32.5 Å². The number of nitrogens with two attached hydrogens (primary N) is 1. The molecule has 1 fully saturated rings. The van der Waals surface area contributed by atoms with Gasteiger partial charge < -0.3 is 20.5 Å². The van der Waals surface area contributed by atoms with E-state index in [0.717, 1.165) is 26.1 Å². The number of carbonyl (C=O) groups excluding carboxylic acids is 2. The lowest BCUT2D eigenvalue weighted by Crippen LogP contribution is -2.46. The van der Waals surface area contributed by atoms with Crippen LogP contribution in [0.25, 0.3) is 0 Å². The number of primary amides is 1. The van der Waals surface area contributed by atoms with Gasteiger partial charge in [-0.05, 0) is 68.8 Å². The van der Waals surface area contributed by atoms with Crippen molar-refractivity contribution >= 4 is 11.8 Å². The summed E-state index contributed by atoms with van der Waals surface area (Å²) in [7, 11) is 0. The Morgan fingerprint density at radius 2 is 1.53 bits per heavy atom. The van der Waals surface area contributed by atoms with Gasteiger partial charge in [-0.1, -0.05) is 0 Å². The normalized spacial score (nSPS) is 19.3. The zero-order valence-corrected chi connectivity index (χ0v) is 17.5. The molecule has 3 rings (SSSR count). The third kappa shape index (κ3) is 6.30. The van der Waals surface area contributed by atoms with Crippen LogP contribution in [0.1, 0.15) is 41.0 Å². The average Bonchev–Trinajstić information content (AvgIpc) is 2.71. The lowest BCUT2D eigenvalue weighted by Gasteiger charge is -2.35. The van der Waals surface area contributed by atoms with E-state index >= 15 is 0 Å². The van der Waals surface area contributed by atoms with Crippen LogP contribution in [0.4, 0.5) is 0 Å². The summed E-state index contributed by atoms with van der Waals surface area (Å²) in [5.41, 5.74) is 6.24. The molecule has 0 aliphatic carbocycles. The zero-order valence-electron chi connectivity index (χ0n) is 17.5. The molecule has 7 nitrogen and oxygen atoms in total. The van der Waals surface area contributed by atoms with Crippen molar-refractivity contribution in [1.29, 1.82) is 0 Å². The van der Waals surface area contributed by atoms with Gasteiger partial charge in [0.15, 0.2) is 0 Å². The minimum absolute atomic E-state index is 0.101. The van der Waals surface area contributed by atoms with E-state index < -0.39 is 5.91 Å². The van der Waals surface area contributed by atoms with Crippen LogP contribution in [0.2, 0.25) is 0 Å². The van der Waals surface area contributed by atoms with Crippen LogP contribution in [-0.2, 0) is 4.74 Å². The van der Waals surface area contributed by atoms with Crippen molar-refractivity contribution in [2.75, 3.05) is 26.2 Å². The summed E-state index contributed by atoms with van der Waals surface area (Å²) >= 11 is 0. The Labute approximate surface area is 177 Å². The maximum atomic E-state index is 12.3. The lowest BCUT2D eigenvalue weighted by atomic mass is 10.2. The second kappa shape index (κ2) is 10.2. The van der Waals surface area contributed by atoms with Crippen molar-refractivity contribution in [3.05, 3.63) is 59.7 Å². The molecule has 0 aromatic heterocycles. The van der Waals surface area contributed by atoms with Gasteiger partial charge in [0.1, 0.15) is 11.5 Å². The van der Waals surface area contributed by atoms with Gasteiger partial charge in [0.05, 0.1) is 12.2 Å². The minimum Gasteiger partial charge on any atom is -0.457 e. The summed E-state index contributed by atoms with van der Waals surface area (Å²) < 4.78 is 11.5. The van der Waals surface area contributed by atoms with Gasteiger partial charge in [0.2, 0.25) is 5.91 Å². The molecule has 0 bridgehead atoms. The Balaban J connectivity index is 1.42. The molecule has 1 aliphatic rings. The number of benzene rings is 2. The number of morpholine rings is 1. The van der Waals surface area contributed by atoms with Gasteiger partial charge in [-0.3, -0.25) is 14.5 Å². The van der Waals surface area contributed by atoms with E-state index in [9.17, 15) is 9.59 Å². The number of carbonyl (C=O) groups is 2. The summed E-state index contributed by atoms with van der Waals surface area (Å²) in [6.45, 7) is 7.63. The van der Waals surface area contributed by atoms with Crippen LogP contribution in [-0.4, -0.2) is 55.1 Å². The number of rotatable bonds is 8. The highest BCUT2D eigenvalue weighted by molar-refractivity contribution is 5.94. The van der Waals surface area contributed by atoms with Crippen molar-refractivity contribution in [2.24, 2.45) is 5.73 Å². The summed E-state index contributed by atoms with van der Waals surface area (Å²) in [5, 5.41) is 2.97. The summed E-state index contributed by atoms with van der Waals surface area (Å²) in [4.78, 5) is 25.8. The predicted molar refractivity (Wildman–Crippen MR) is 115 cm³/mol. The van der Waals surface area contributed by atoms with Gasteiger partial charge in [-0.2, -0.15) is 0 Å². The molecule has 2 aromatic carbocycles. The topological polar surface area (TPSA) is 93.9 Å². The molecule has 2 aromatic rings. The second-order valence-corrected chi connectivity index (χ2v) is 7.64. The molecule has 1 aliphatic heterocycles. The molecule has 1 saturated heterocycles. The predicted octanol–water partition coefficient (Wildman–Crippen LogP) is 2.81. The maximum Gasteiger partial charge on any atom is 0.251 e. The first-order chi connectivity index (χ1) is 14.4. The Kier molecular flexibility index (Phi) is 7.43. The fraction of sp³-hybridized carbons (Fsp3) is 0.391. The molecule has 0 saturated carbocycles. The molecule has 30 heavy (non-hydrogen) atoms. The van der Waals surface area contributed by atoms with E-state index in [1.54, 1.807) is 48.5 Å². The molecule has 3 N–H and O–H groups in total. The number of nitrogens with zero attached hydrogens (tertiary/aromatic N) is 1. The molecule has 160 valence electrons. The zero-order chi connectivity index (χ0) is 21.5. The first-order valence-electron chi connectivity index (χ1n) is 10.2. The maximum absolute atomic E-state index is 12.3. The summed E-state index contributed by atoms with van der Waals surface area (Å²) in [6, 6.07) is 13.5. The highest BCUT2D eigenvalue weighted by atomic mass is 16.5. The van der Waals surface area contributed by atoms with Crippen molar-refractivity contribution in [3.63, 3.8) is 0 Å². The van der Waals surface area contributed by atoms with Crippen LogP contribution in [0.5, 0.6) is 11.5 Å². The van der Waals surface area contributed by atoms with Gasteiger partial charge in [0, 0.05) is 37.3 Å². The Morgan fingerprint density at radius 3 is 2.07 bits per heavy atom. The summed E-state index contributed by atoms with van der Waals surface area (Å²) in [6.07, 6.45) is 1.41. The van der Waals surface area contributed by atoms with Crippen LogP contribution in [0.15, 0.2) is 48.5 Å². The first-order valence-corrected chi connectivity index (χ1v) is 10.2. The van der Waals surface area contributed by atoms with Gasteiger partial charge in [0.25, 0.3) is 5.91 Å². The lowest BCUT2D eigenvalue weighted by molar-refractivity contribution is -0.0680. The van der Waals surface area contributed by atoms with Crippen LogP contribution in [0, 0.1) is 0 Å². The van der Waals surface area contributed by atoms with Crippen molar-refractivity contribution < 1.29 is 19.1 Å². The Bertz CT molecular complexity index is 842. The SMILES string of the molecule is CC1CN(CCCNC(=O)c2ccc(Oc3ccc(C(N)=O)cc3)cc2)CC(C)O1. The van der Waals surface area contributed by atoms with Crippen LogP contribution in [0.3, 0.4) is 0 Å². The summed E-state index contributed by atoms with van der Waals surface area (Å²) in [5.74, 6) is 0.611. The van der Waals surface area contributed by atoms with E-state index in [0.29, 0.717) is 29.2 Å². The molecule has 2 unspecified atom stereocenters. The van der Waals surface area contributed by atoms with Gasteiger partial charge >= 0.3 is 0 Å². The van der Waals surface area contributed by atoms with Crippen molar-refractivity contribution in [1.82, 2.24) is 10.2 Å². The Morgan fingerprint density at radius 1 is 1.00 bits per heavy atom. The fourth-order valence-electron chi connectivity index (χ4n) is 3.57. The third-order valence-corrected chi connectivity index (χ3v) is 4.92. The highest BCUT2D eigenvalue weighted by Gasteiger charge is 2.21. The number of amides is 2. The molecule has 1 heterocycles. The number of hydrogen-bond donors (Lipinski definition) is 2. The second-order valence-electron chi connectivity index (χ2n) is 7.64. The Hall–Kier alpha value is -2.90. The molecule has 0 spiro atoms. The quantitative estimate of drug-likeness (QED) is 0.652. The molecular weight excluding hydrogens is 382 g/mol. The van der Waals surface area contributed by atoms with E-state index in [-0.39, 0.29) is 18.1 Å². The standard InChI is InChI=1S/C23H29N3O4/c1-16-14-26(15-17(2)29-16)13-3-12-25-23(28)19-6-10-21(11-7-19)30-20-8-4-18(5-9-20)22(24)27/h4-11,16-17H,3,12-15H2,1-2H3,(H2,24,27)(H,25,28). The van der Waals surface area contributed by atoms with E-state index in [1.165, 1.54) is 0 Å².